The van der Waals surface area contributed by atoms with Gasteiger partial charge in [-0.05, 0) is 52.2 Å². The van der Waals surface area contributed by atoms with Crippen LogP contribution in [-0.2, 0) is 4.79 Å². The maximum atomic E-state index is 12.5. The molecule has 0 spiro atoms. The Morgan fingerprint density at radius 1 is 1.29 bits per heavy atom. The fourth-order valence-corrected chi connectivity index (χ4v) is 3.15. The summed E-state index contributed by atoms with van der Waals surface area (Å²) in [6, 6.07) is 0.409. The van der Waals surface area contributed by atoms with Crippen molar-refractivity contribution in [1.82, 2.24) is 9.80 Å². The van der Waals surface area contributed by atoms with Gasteiger partial charge in [0.2, 0.25) is 5.91 Å². The Hall–Kier alpha value is -0.610. The van der Waals surface area contributed by atoms with Crippen molar-refractivity contribution in [2.45, 2.75) is 38.1 Å². The molecule has 2 rings (SSSR count). The third kappa shape index (κ3) is 2.99. The van der Waals surface area contributed by atoms with Gasteiger partial charge in [0.25, 0.3) is 0 Å². The molecule has 0 saturated carbocycles. The van der Waals surface area contributed by atoms with Gasteiger partial charge >= 0.3 is 0 Å². The smallest absolute Gasteiger partial charge is 0.227 e. The van der Waals surface area contributed by atoms with Gasteiger partial charge in [-0.2, -0.15) is 0 Å². The molecule has 2 heterocycles. The molecule has 2 N–H and O–H groups in total. The van der Waals surface area contributed by atoms with Crippen molar-refractivity contribution >= 4 is 5.91 Å². The van der Waals surface area contributed by atoms with Gasteiger partial charge in [0.05, 0.1) is 5.92 Å². The number of nitrogens with two attached hydrogens (primary N) is 1. The SMILES string of the molecule is CN1CCC(C(=O)N2CCCCC2CCN)C1. The molecule has 2 unspecified atom stereocenters. The van der Waals surface area contributed by atoms with Crippen molar-refractivity contribution in [1.29, 1.82) is 0 Å². The molecule has 2 aliphatic rings. The molecule has 4 nitrogen and oxygen atoms in total. The second-order valence-electron chi connectivity index (χ2n) is 5.51. The number of carbonyl (C=O) groups excluding carboxylic acids is 1. The molecular weight excluding hydrogens is 214 g/mol. The van der Waals surface area contributed by atoms with E-state index in [1.165, 1.54) is 6.42 Å². The second-order valence-corrected chi connectivity index (χ2v) is 5.51. The standard InChI is InChI=1S/C13H25N3O/c1-15-9-6-11(10-15)13(17)16-8-3-2-4-12(16)5-7-14/h11-12H,2-10,14H2,1H3. The van der Waals surface area contributed by atoms with Crippen LogP contribution in [0.15, 0.2) is 0 Å². The van der Waals surface area contributed by atoms with Gasteiger partial charge in [-0.25, -0.2) is 0 Å². The van der Waals surface area contributed by atoms with Crippen LogP contribution in [0, 0.1) is 5.92 Å². The van der Waals surface area contributed by atoms with Crippen molar-refractivity contribution < 1.29 is 4.79 Å². The topological polar surface area (TPSA) is 49.6 Å². The second kappa shape index (κ2) is 5.83. The Morgan fingerprint density at radius 2 is 2.12 bits per heavy atom. The van der Waals surface area contributed by atoms with Crippen LogP contribution in [0.5, 0.6) is 0 Å². The van der Waals surface area contributed by atoms with Crippen LogP contribution < -0.4 is 5.73 Å². The van der Waals surface area contributed by atoms with E-state index in [4.69, 9.17) is 5.73 Å². The van der Waals surface area contributed by atoms with E-state index in [0.29, 0.717) is 18.5 Å². The molecule has 4 heteroatoms. The molecular formula is C13H25N3O. The summed E-state index contributed by atoms with van der Waals surface area (Å²) >= 11 is 0. The molecule has 0 aromatic carbocycles. The van der Waals surface area contributed by atoms with Crippen LogP contribution in [0.1, 0.15) is 32.1 Å². The lowest BCUT2D eigenvalue weighted by atomic mass is 9.96. The number of nitrogens with zero attached hydrogens (tertiary/aromatic N) is 2. The molecule has 0 aromatic rings. The van der Waals surface area contributed by atoms with Gasteiger partial charge in [-0.3, -0.25) is 4.79 Å². The predicted molar refractivity (Wildman–Crippen MR) is 68.6 cm³/mol. The van der Waals surface area contributed by atoms with Gasteiger partial charge in [-0.1, -0.05) is 0 Å². The maximum absolute atomic E-state index is 12.5. The van der Waals surface area contributed by atoms with Crippen molar-refractivity contribution in [3.8, 4) is 0 Å². The van der Waals surface area contributed by atoms with E-state index >= 15 is 0 Å². The van der Waals surface area contributed by atoms with Gasteiger partial charge < -0.3 is 15.5 Å². The highest BCUT2D eigenvalue weighted by molar-refractivity contribution is 5.79. The predicted octanol–water partition coefficient (Wildman–Crippen LogP) is 0.668. The summed E-state index contributed by atoms with van der Waals surface area (Å²) in [6.07, 6.45) is 5.55. The van der Waals surface area contributed by atoms with Crippen LogP contribution >= 0.6 is 0 Å². The first kappa shape index (κ1) is 12.8. The van der Waals surface area contributed by atoms with Crippen LogP contribution in [0.3, 0.4) is 0 Å². The van der Waals surface area contributed by atoms with E-state index in [1.54, 1.807) is 0 Å². The van der Waals surface area contributed by atoms with E-state index in [1.807, 2.05) is 0 Å². The molecule has 1 amide bonds. The summed E-state index contributed by atoms with van der Waals surface area (Å²) in [5, 5.41) is 0. The van der Waals surface area contributed by atoms with E-state index < -0.39 is 0 Å². The lowest BCUT2D eigenvalue weighted by Crippen LogP contribution is -2.47. The van der Waals surface area contributed by atoms with Gasteiger partial charge in [-0.15, -0.1) is 0 Å². The highest BCUT2D eigenvalue weighted by atomic mass is 16.2. The minimum absolute atomic E-state index is 0.235. The molecule has 2 aliphatic heterocycles. The monoisotopic (exact) mass is 239 g/mol. The Balaban J connectivity index is 1.95. The summed E-state index contributed by atoms with van der Waals surface area (Å²) in [7, 11) is 2.10. The van der Waals surface area contributed by atoms with E-state index in [2.05, 4.69) is 16.8 Å². The largest absolute Gasteiger partial charge is 0.339 e. The van der Waals surface area contributed by atoms with Crippen molar-refractivity contribution in [2.75, 3.05) is 33.2 Å². The third-order valence-corrected chi connectivity index (χ3v) is 4.15. The Morgan fingerprint density at radius 3 is 2.76 bits per heavy atom. The normalized spacial score (nSPS) is 30.8. The molecule has 98 valence electrons. The van der Waals surface area contributed by atoms with Crippen LogP contribution in [0.4, 0.5) is 0 Å². The summed E-state index contributed by atoms with van der Waals surface area (Å²) in [4.78, 5) is 16.9. The van der Waals surface area contributed by atoms with Crippen molar-refractivity contribution in [2.24, 2.45) is 11.7 Å². The fourth-order valence-electron chi connectivity index (χ4n) is 3.15. The number of hydrogen-bond acceptors (Lipinski definition) is 3. The Labute approximate surface area is 104 Å². The average molecular weight is 239 g/mol. The van der Waals surface area contributed by atoms with Gasteiger partial charge in [0.1, 0.15) is 0 Å². The minimum atomic E-state index is 0.235. The third-order valence-electron chi connectivity index (χ3n) is 4.15. The zero-order valence-electron chi connectivity index (χ0n) is 10.9. The molecule has 0 radical (unpaired) electrons. The van der Waals surface area contributed by atoms with Crippen molar-refractivity contribution in [3.63, 3.8) is 0 Å². The van der Waals surface area contributed by atoms with E-state index in [0.717, 1.165) is 45.3 Å². The highest BCUT2D eigenvalue weighted by Gasteiger charge is 2.33. The molecule has 2 saturated heterocycles. The average Bonchev–Trinajstić information content (AvgIpc) is 2.76. The van der Waals surface area contributed by atoms with E-state index in [9.17, 15) is 4.79 Å². The number of rotatable bonds is 3. The fraction of sp³-hybridized carbons (Fsp3) is 0.923. The first-order valence-corrected chi connectivity index (χ1v) is 6.91. The molecule has 17 heavy (non-hydrogen) atoms. The lowest BCUT2D eigenvalue weighted by Gasteiger charge is -2.37. The summed E-state index contributed by atoms with van der Waals surface area (Å²) in [5.41, 5.74) is 5.65. The zero-order chi connectivity index (χ0) is 12.3. The lowest BCUT2D eigenvalue weighted by molar-refractivity contribution is -0.139. The van der Waals surface area contributed by atoms with Gasteiger partial charge in [0.15, 0.2) is 0 Å². The summed E-state index contributed by atoms with van der Waals surface area (Å²) in [6.45, 7) is 3.64. The number of likely N-dealkylation sites (tertiary alicyclic amines) is 2. The summed E-state index contributed by atoms with van der Waals surface area (Å²) in [5.74, 6) is 0.617. The minimum Gasteiger partial charge on any atom is -0.339 e. The Kier molecular flexibility index (Phi) is 4.40. The first-order valence-electron chi connectivity index (χ1n) is 6.91. The van der Waals surface area contributed by atoms with Crippen molar-refractivity contribution in [3.05, 3.63) is 0 Å². The molecule has 2 fully saturated rings. The number of carbonyl (C=O) groups is 1. The zero-order valence-corrected chi connectivity index (χ0v) is 10.9. The van der Waals surface area contributed by atoms with Crippen LogP contribution in [0.2, 0.25) is 0 Å². The van der Waals surface area contributed by atoms with Crippen LogP contribution in [-0.4, -0.2) is 55.0 Å². The number of hydrogen-bond donors (Lipinski definition) is 1. The molecule has 0 bridgehead atoms. The maximum Gasteiger partial charge on any atom is 0.227 e. The van der Waals surface area contributed by atoms with E-state index in [-0.39, 0.29) is 5.92 Å². The molecule has 0 aromatic heterocycles. The summed E-state index contributed by atoms with van der Waals surface area (Å²) < 4.78 is 0. The highest BCUT2D eigenvalue weighted by Crippen LogP contribution is 2.24. The molecule has 2 atom stereocenters. The molecule has 0 aliphatic carbocycles. The number of amides is 1. The quantitative estimate of drug-likeness (QED) is 0.787. The number of piperidine rings is 1. The van der Waals surface area contributed by atoms with Crippen LogP contribution in [0.25, 0.3) is 0 Å². The van der Waals surface area contributed by atoms with Gasteiger partial charge in [0, 0.05) is 19.1 Å². The first-order chi connectivity index (χ1) is 8.22. The Bertz CT molecular complexity index is 267.